The maximum absolute atomic E-state index is 11.1. The third-order valence-electron chi connectivity index (χ3n) is 2.26. The van der Waals surface area contributed by atoms with Gasteiger partial charge in [0.1, 0.15) is 0 Å². The van der Waals surface area contributed by atoms with Crippen molar-refractivity contribution in [2.45, 2.75) is 25.9 Å². The number of rotatable bonds is 5. The summed E-state index contributed by atoms with van der Waals surface area (Å²) in [7, 11) is 1.93. The molecule has 0 fully saturated rings. The van der Waals surface area contributed by atoms with Crippen molar-refractivity contribution in [3.8, 4) is 0 Å². The SMILES string of the molecule is CCC(C(N)=O)N(C)Cc1ccsc1. The Hall–Kier alpha value is -0.870. The summed E-state index contributed by atoms with van der Waals surface area (Å²) in [5, 5.41) is 4.12. The second kappa shape index (κ2) is 5.12. The van der Waals surface area contributed by atoms with E-state index >= 15 is 0 Å². The Labute approximate surface area is 88.5 Å². The number of likely N-dealkylation sites (N-methyl/N-ethyl adjacent to an activating group) is 1. The van der Waals surface area contributed by atoms with Gasteiger partial charge in [0.05, 0.1) is 6.04 Å². The summed E-state index contributed by atoms with van der Waals surface area (Å²) in [6.45, 7) is 2.75. The number of nitrogens with zero attached hydrogens (tertiary/aromatic N) is 1. The third-order valence-corrected chi connectivity index (χ3v) is 2.99. The average Bonchev–Trinajstić information content (AvgIpc) is 2.57. The first-order chi connectivity index (χ1) is 6.65. The minimum absolute atomic E-state index is 0.158. The van der Waals surface area contributed by atoms with Gasteiger partial charge in [0.25, 0.3) is 0 Å². The molecule has 0 saturated heterocycles. The van der Waals surface area contributed by atoms with Crippen molar-refractivity contribution in [2.24, 2.45) is 5.73 Å². The van der Waals surface area contributed by atoms with E-state index in [1.807, 2.05) is 24.3 Å². The van der Waals surface area contributed by atoms with Gasteiger partial charge in [-0.1, -0.05) is 6.92 Å². The van der Waals surface area contributed by atoms with Crippen molar-refractivity contribution in [2.75, 3.05) is 7.05 Å². The van der Waals surface area contributed by atoms with Crippen LogP contribution >= 0.6 is 11.3 Å². The topological polar surface area (TPSA) is 46.3 Å². The molecule has 0 saturated carbocycles. The molecule has 1 rings (SSSR count). The van der Waals surface area contributed by atoms with Gasteiger partial charge < -0.3 is 5.73 Å². The van der Waals surface area contributed by atoms with Crippen molar-refractivity contribution in [1.82, 2.24) is 4.90 Å². The first-order valence-electron chi connectivity index (χ1n) is 4.65. The van der Waals surface area contributed by atoms with E-state index in [-0.39, 0.29) is 11.9 Å². The van der Waals surface area contributed by atoms with Crippen LogP contribution in [0.3, 0.4) is 0 Å². The first-order valence-corrected chi connectivity index (χ1v) is 5.60. The van der Waals surface area contributed by atoms with Gasteiger partial charge in [0.15, 0.2) is 0 Å². The molecular formula is C10H16N2OS. The molecule has 2 N–H and O–H groups in total. The van der Waals surface area contributed by atoms with Gasteiger partial charge in [-0.3, -0.25) is 9.69 Å². The molecule has 14 heavy (non-hydrogen) atoms. The number of hydrogen-bond acceptors (Lipinski definition) is 3. The van der Waals surface area contributed by atoms with E-state index < -0.39 is 0 Å². The van der Waals surface area contributed by atoms with Crippen LogP contribution < -0.4 is 5.73 Å². The number of nitrogens with two attached hydrogens (primary N) is 1. The fourth-order valence-electron chi connectivity index (χ4n) is 1.51. The standard InChI is InChI=1S/C10H16N2OS/c1-3-9(10(11)13)12(2)6-8-4-5-14-7-8/h4-5,7,9H,3,6H2,1-2H3,(H2,11,13). The molecular weight excluding hydrogens is 196 g/mol. The summed E-state index contributed by atoms with van der Waals surface area (Å²) >= 11 is 1.67. The number of carbonyl (C=O) groups is 1. The Balaban J connectivity index is 2.56. The van der Waals surface area contributed by atoms with Crippen LogP contribution in [0.4, 0.5) is 0 Å². The van der Waals surface area contributed by atoms with Crippen molar-refractivity contribution in [3.05, 3.63) is 22.4 Å². The second-order valence-corrected chi connectivity index (χ2v) is 4.15. The highest BCUT2D eigenvalue weighted by atomic mass is 32.1. The molecule has 0 aliphatic carbocycles. The molecule has 1 atom stereocenters. The van der Waals surface area contributed by atoms with Crippen LogP contribution in [0.2, 0.25) is 0 Å². The van der Waals surface area contributed by atoms with Gasteiger partial charge in [-0.2, -0.15) is 11.3 Å². The fourth-order valence-corrected chi connectivity index (χ4v) is 2.17. The summed E-state index contributed by atoms with van der Waals surface area (Å²) in [6.07, 6.45) is 0.760. The molecule has 1 aromatic heterocycles. The maximum atomic E-state index is 11.1. The zero-order chi connectivity index (χ0) is 10.6. The molecule has 4 heteroatoms. The van der Waals surface area contributed by atoms with Crippen LogP contribution in [0.15, 0.2) is 16.8 Å². The highest BCUT2D eigenvalue weighted by molar-refractivity contribution is 7.07. The molecule has 0 bridgehead atoms. The molecule has 0 aliphatic rings. The zero-order valence-electron chi connectivity index (χ0n) is 8.56. The maximum Gasteiger partial charge on any atom is 0.234 e. The smallest absolute Gasteiger partial charge is 0.234 e. The van der Waals surface area contributed by atoms with Crippen molar-refractivity contribution < 1.29 is 4.79 Å². The minimum atomic E-state index is -0.245. The van der Waals surface area contributed by atoms with Crippen LogP contribution in [0.1, 0.15) is 18.9 Å². The number of thiophene rings is 1. The first kappa shape index (κ1) is 11.2. The van der Waals surface area contributed by atoms with Gasteiger partial charge in [0, 0.05) is 6.54 Å². The Morgan fingerprint density at radius 1 is 1.71 bits per heavy atom. The van der Waals surface area contributed by atoms with Crippen molar-refractivity contribution in [3.63, 3.8) is 0 Å². The van der Waals surface area contributed by atoms with Crippen LogP contribution in [-0.2, 0) is 11.3 Å². The van der Waals surface area contributed by atoms with E-state index in [9.17, 15) is 4.79 Å². The van der Waals surface area contributed by atoms with Crippen molar-refractivity contribution in [1.29, 1.82) is 0 Å². The lowest BCUT2D eigenvalue weighted by molar-refractivity contribution is -0.123. The van der Waals surface area contributed by atoms with E-state index in [1.54, 1.807) is 11.3 Å². The number of hydrogen-bond donors (Lipinski definition) is 1. The fraction of sp³-hybridized carbons (Fsp3) is 0.500. The van der Waals surface area contributed by atoms with Crippen LogP contribution in [0.25, 0.3) is 0 Å². The molecule has 0 radical (unpaired) electrons. The molecule has 3 nitrogen and oxygen atoms in total. The monoisotopic (exact) mass is 212 g/mol. The molecule has 1 unspecified atom stereocenters. The highest BCUT2D eigenvalue weighted by Gasteiger charge is 2.18. The van der Waals surface area contributed by atoms with Gasteiger partial charge in [-0.25, -0.2) is 0 Å². The van der Waals surface area contributed by atoms with Crippen LogP contribution in [0, 0.1) is 0 Å². The Bertz CT molecular complexity index is 284. The van der Waals surface area contributed by atoms with Gasteiger partial charge in [-0.05, 0) is 35.9 Å². The Morgan fingerprint density at radius 3 is 2.86 bits per heavy atom. The summed E-state index contributed by atoms with van der Waals surface area (Å²) in [6, 6.07) is 1.91. The quantitative estimate of drug-likeness (QED) is 0.803. The zero-order valence-corrected chi connectivity index (χ0v) is 9.38. The van der Waals surface area contributed by atoms with Crippen molar-refractivity contribution >= 4 is 17.2 Å². The Kier molecular flexibility index (Phi) is 4.10. The highest BCUT2D eigenvalue weighted by Crippen LogP contribution is 2.11. The van der Waals surface area contributed by atoms with E-state index in [0.717, 1.165) is 13.0 Å². The van der Waals surface area contributed by atoms with E-state index in [1.165, 1.54) is 5.56 Å². The summed E-state index contributed by atoms with van der Waals surface area (Å²) < 4.78 is 0. The third kappa shape index (κ3) is 2.82. The number of primary amides is 1. The van der Waals surface area contributed by atoms with E-state index in [4.69, 9.17) is 5.73 Å². The van der Waals surface area contributed by atoms with Gasteiger partial charge in [0.2, 0.25) is 5.91 Å². The summed E-state index contributed by atoms with van der Waals surface area (Å²) in [5.41, 5.74) is 6.53. The molecule has 0 aromatic carbocycles. The largest absolute Gasteiger partial charge is 0.368 e. The second-order valence-electron chi connectivity index (χ2n) is 3.37. The predicted octanol–water partition coefficient (Wildman–Crippen LogP) is 1.44. The average molecular weight is 212 g/mol. The van der Waals surface area contributed by atoms with Gasteiger partial charge in [-0.15, -0.1) is 0 Å². The lowest BCUT2D eigenvalue weighted by Crippen LogP contribution is -2.41. The lowest BCUT2D eigenvalue weighted by atomic mass is 10.2. The molecule has 78 valence electrons. The minimum Gasteiger partial charge on any atom is -0.368 e. The lowest BCUT2D eigenvalue weighted by Gasteiger charge is -2.23. The molecule has 0 aliphatic heterocycles. The molecule has 1 heterocycles. The summed E-state index contributed by atoms with van der Waals surface area (Å²) in [5.74, 6) is -0.245. The van der Waals surface area contributed by atoms with Crippen LogP contribution in [0.5, 0.6) is 0 Å². The number of amides is 1. The summed E-state index contributed by atoms with van der Waals surface area (Å²) in [4.78, 5) is 13.1. The van der Waals surface area contributed by atoms with Crippen LogP contribution in [-0.4, -0.2) is 23.9 Å². The predicted molar refractivity (Wildman–Crippen MR) is 59.1 cm³/mol. The molecule has 1 aromatic rings. The normalized spacial score (nSPS) is 13.1. The van der Waals surface area contributed by atoms with Gasteiger partial charge >= 0.3 is 0 Å². The molecule has 1 amide bonds. The molecule has 0 spiro atoms. The van der Waals surface area contributed by atoms with E-state index in [0.29, 0.717) is 0 Å². The Morgan fingerprint density at radius 2 is 2.43 bits per heavy atom. The van der Waals surface area contributed by atoms with E-state index in [2.05, 4.69) is 11.4 Å². The number of carbonyl (C=O) groups excluding carboxylic acids is 1.